The summed E-state index contributed by atoms with van der Waals surface area (Å²) in [7, 11) is 0. The van der Waals surface area contributed by atoms with Crippen LogP contribution in [-0.2, 0) is 14.4 Å². The van der Waals surface area contributed by atoms with Crippen LogP contribution in [0.2, 0.25) is 0 Å². The Balaban J connectivity index is 4.55. The molecule has 8 heteroatoms. The van der Waals surface area contributed by atoms with E-state index >= 15 is 0 Å². The number of hydrogen-bond acceptors (Lipinski definition) is 8. The normalized spacial score (nSPS) is 17.4. The van der Waals surface area contributed by atoms with Crippen LogP contribution in [0.3, 0.4) is 0 Å². The predicted molar refractivity (Wildman–Crippen MR) is 63.0 cm³/mol. The van der Waals surface area contributed by atoms with Gasteiger partial charge < -0.3 is 26.2 Å². The van der Waals surface area contributed by atoms with Gasteiger partial charge in [-0.2, -0.15) is 0 Å². The average molecular weight is 277 g/mol. The monoisotopic (exact) mass is 277 g/mol. The van der Waals surface area contributed by atoms with Gasteiger partial charge in [0, 0.05) is 0 Å². The summed E-state index contributed by atoms with van der Waals surface area (Å²) in [6, 6.07) is -1.89. The second-order valence-corrected chi connectivity index (χ2v) is 4.25. The molecular weight excluding hydrogens is 258 g/mol. The first kappa shape index (κ1) is 17.8. The zero-order chi connectivity index (χ0) is 15.2. The van der Waals surface area contributed by atoms with E-state index in [1.807, 2.05) is 0 Å². The third-order valence-corrected chi connectivity index (χ3v) is 2.49. The van der Waals surface area contributed by atoms with Crippen LogP contribution in [-0.4, -0.2) is 68.7 Å². The van der Waals surface area contributed by atoms with E-state index < -0.39 is 48.3 Å². The van der Waals surface area contributed by atoms with Crippen molar-refractivity contribution >= 4 is 17.3 Å². The van der Waals surface area contributed by atoms with Crippen molar-refractivity contribution in [1.82, 2.24) is 0 Å². The molecule has 0 aromatic carbocycles. The molecule has 0 amide bonds. The molecule has 0 rings (SSSR count). The van der Waals surface area contributed by atoms with E-state index in [-0.39, 0.29) is 12.8 Å². The maximum Gasteiger partial charge on any atom is 0.231 e. The van der Waals surface area contributed by atoms with Gasteiger partial charge in [0.05, 0.1) is 12.7 Å². The Bertz CT molecular complexity index is 342. The smallest absolute Gasteiger partial charge is 0.231 e. The number of carbonyl (C=O) groups excluding carboxylic acids is 3. The number of aliphatic hydroxyl groups is 4. The Hall–Kier alpha value is -1.19. The standard InChI is InChI=1S/C11H19NO7/c1-5(14)2-3-6(15)9(17)8(12)11(19)10(18)7(16)4-13/h5-8,13-16H,2-4,12H2,1H3/t5?,6?,7-,8+/m1/s1. The van der Waals surface area contributed by atoms with E-state index in [0.717, 1.165) is 0 Å². The third-order valence-electron chi connectivity index (χ3n) is 2.49. The maximum absolute atomic E-state index is 11.5. The Morgan fingerprint density at radius 2 is 1.53 bits per heavy atom. The summed E-state index contributed by atoms with van der Waals surface area (Å²) >= 11 is 0. The molecule has 0 heterocycles. The third kappa shape index (κ3) is 5.53. The molecule has 0 aromatic rings. The summed E-state index contributed by atoms with van der Waals surface area (Å²) in [6.07, 6.45) is -4.21. The van der Waals surface area contributed by atoms with Gasteiger partial charge in [0.1, 0.15) is 18.2 Å². The van der Waals surface area contributed by atoms with Crippen molar-refractivity contribution in [2.45, 2.75) is 44.1 Å². The van der Waals surface area contributed by atoms with E-state index in [1.54, 1.807) is 0 Å². The van der Waals surface area contributed by atoms with Gasteiger partial charge >= 0.3 is 0 Å². The van der Waals surface area contributed by atoms with Crippen LogP contribution < -0.4 is 5.73 Å². The van der Waals surface area contributed by atoms with Crippen LogP contribution in [0.5, 0.6) is 0 Å². The fourth-order valence-corrected chi connectivity index (χ4v) is 1.28. The zero-order valence-electron chi connectivity index (χ0n) is 10.5. The topological polar surface area (TPSA) is 158 Å². The van der Waals surface area contributed by atoms with Crippen LogP contribution in [0.15, 0.2) is 0 Å². The molecule has 0 saturated heterocycles. The van der Waals surface area contributed by atoms with E-state index in [9.17, 15) is 19.5 Å². The first-order valence-electron chi connectivity index (χ1n) is 5.74. The predicted octanol–water partition coefficient (Wildman–Crippen LogP) is -3.10. The molecule has 0 aliphatic carbocycles. The highest BCUT2D eigenvalue weighted by Crippen LogP contribution is 2.05. The van der Waals surface area contributed by atoms with E-state index in [0.29, 0.717) is 0 Å². The Morgan fingerprint density at radius 1 is 1.00 bits per heavy atom. The molecule has 0 bridgehead atoms. The summed E-state index contributed by atoms with van der Waals surface area (Å²) in [5.74, 6) is -3.82. The number of aliphatic hydroxyl groups excluding tert-OH is 4. The molecule has 0 aliphatic rings. The highest BCUT2D eigenvalue weighted by Gasteiger charge is 2.34. The van der Waals surface area contributed by atoms with Crippen molar-refractivity contribution in [3.05, 3.63) is 0 Å². The van der Waals surface area contributed by atoms with Crippen LogP contribution in [0.4, 0.5) is 0 Å². The average Bonchev–Trinajstić information content (AvgIpc) is 2.40. The molecule has 4 atom stereocenters. The van der Waals surface area contributed by atoms with Crippen molar-refractivity contribution in [3.63, 3.8) is 0 Å². The Morgan fingerprint density at radius 3 is 1.95 bits per heavy atom. The lowest BCUT2D eigenvalue weighted by atomic mass is 9.96. The summed E-state index contributed by atoms with van der Waals surface area (Å²) in [6.45, 7) is 0.499. The van der Waals surface area contributed by atoms with Crippen LogP contribution in [0.1, 0.15) is 19.8 Å². The fraction of sp³-hybridized carbons (Fsp3) is 0.727. The molecule has 0 radical (unpaired) electrons. The zero-order valence-corrected chi connectivity index (χ0v) is 10.5. The summed E-state index contributed by atoms with van der Waals surface area (Å²) in [5, 5.41) is 35.9. The summed E-state index contributed by atoms with van der Waals surface area (Å²) in [4.78, 5) is 34.1. The number of Topliss-reactive ketones (excluding diaryl/α,β-unsaturated/α-hetero) is 3. The van der Waals surface area contributed by atoms with Gasteiger partial charge in [-0.25, -0.2) is 0 Å². The van der Waals surface area contributed by atoms with E-state index in [1.165, 1.54) is 6.92 Å². The van der Waals surface area contributed by atoms with Gasteiger partial charge in [0.2, 0.25) is 11.6 Å². The van der Waals surface area contributed by atoms with Crippen LogP contribution >= 0.6 is 0 Å². The minimum absolute atomic E-state index is 0.103. The minimum Gasteiger partial charge on any atom is -0.393 e. The first-order valence-corrected chi connectivity index (χ1v) is 5.74. The molecule has 6 N–H and O–H groups in total. The Kier molecular flexibility index (Phi) is 7.57. The van der Waals surface area contributed by atoms with Crippen molar-refractivity contribution in [2.24, 2.45) is 5.73 Å². The van der Waals surface area contributed by atoms with E-state index in [4.69, 9.17) is 21.1 Å². The number of carbonyl (C=O) groups is 3. The number of nitrogens with two attached hydrogens (primary N) is 1. The van der Waals surface area contributed by atoms with Gasteiger partial charge in [-0.15, -0.1) is 0 Å². The molecule has 0 aromatic heterocycles. The highest BCUT2D eigenvalue weighted by molar-refractivity contribution is 6.44. The van der Waals surface area contributed by atoms with Gasteiger partial charge in [-0.3, -0.25) is 14.4 Å². The Labute approximate surface area is 109 Å². The highest BCUT2D eigenvalue weighted by atomic mass is 16.3. The lowest BCUT2D eigenvalue weighted by molar-refractivity contribution is -0.146. The van der Waals surface area contributed by atoms with Crippen molar-refractivity contribution in [3.8, 4) is 0 Å². The first-order chi connectivity index (χ1) is 8.72. The molecule has 0 aliphatic heterocycles. The lowest BCUT2D eigenvalue weighted by Gasteiger charge is -2.15. The molecule has 0 spiro atoms. The minimum atomic E-state index is -1.93. The van der Waals surface area contributed by atoms with Gasteiger partial charge in [-0.1, -0.05) is 0 Å². The fourth-order valence-electron chi connectivity index (χ4n) is 1.28. The molecular formula is C11H19NO7. The molecule has 8 nitrogen and oxygen atoms in total. The second kappa shape index (κ2) is 8.08. The van der Waals surface area contributed by atoms with Gasteiger partial charge in [0.25, 0.3) is 0 Å². The SMILES string of the molecule is CC(O)CCC(O)C(=O)[C@H](N)C(=O)C(=O)[C@H](O)CO. The number of ketones is 3. The summed E-state index contributed by atoms with van der Waals surface area (Å²) < 4.78 is 0. The van der Waals surface area contributed by atoms with E-state index in [2.05, 4.69) is 0 Å². The maximum atomic E-state index is 11.5. The molecule has 0 fully saturated rings. The number of hydrogen-bond donors (Lipinski definition) is 5. The molecule has 110 valence electrons. The van der Waals surface area contributed by atoms with Crippen LogP contribution in [0.25, 0.3) is 0 Å². The second-order valence-electron chi connectivity index (χ2n) is 4.25. The van der Waals surface area contributed by atoms with Crippen LogP contribution in [0, 0.1) is 0 Å². The van der Waals surface area contributed by atoms with Crippen molar-refractivity contribution < 1.29 is 34.8 Å². The largest absolute Gasteiger partial charge is 0.393 e. The number of rotatable bonds is 9. The van der Waals surface area contributed by atoms with Gasteiger partial charge in [0.15, 0.2) is 5.78 Å². The quantitative estimate of drug-likeness (QED) is 0.219. The van der Waals surface area contributed by atoms with Crippen molar-refractivity contribution in [2.75, 3.05) is 6.61 Å². The van der Waals surface area contributed by atoms with Crippen molar-refractivity contribution in [1.29, 1.82) is 0 Å². The lowest BCUT2D eigenvalue weighted by Crippen LogP contribution is -2.50. The van der Waals surface area contributed by atoms with Gasteiger partial charge in [-0.05, 0) is 19.8 Å². The molecule has 19 heavy (non-hydrogen) atoms. The molecule has 0 saturated carbocycles. The summed E-state index contributed by atoms with van der Waals surface area (Å²) in [5.41, 5.74) is 5.23. The molecule has 2 unspecified atom stereocenters.